The highest BCUT2D eigenvalue weighted by atomic mass is 79.9. The molecule has 7 heteroatoms. The van der Waals surface area contributed by atoms with Gasteiger partial charge in [0.1, 0.15) is 18.1 Å². The minimum Gasteiger partial charge on any atom is -0.491 e. The first-order valence-corrected chi connectivity index (χ1v) is 10.1. The van der Waals surface area contributed by atoms with Gasteiger partial charge >= 0.3 is 5.97 Å². The SMILES string of the molecule is C.CCOC(=O)COc1ccc(Br)cc1.OC1(COc2ccc(Br)cc2)CC1. The molecule has 1 aliphatic carbocycles. The molecule has 1 N–H and O–H groups in total. The third-order valence-electron chi connectivity index (χ3n) is 3.62. The van der Waals surface area contributed by atoms with E-state index >= 15 is 0 Å². The lowest BCUT2D eigenvalue weighted by Gasteiger charge is -2.09. The van der Waals surface area contributed by atoms with E-state index in [4.69, 9.17) is 14.2 Å². The summed E-state index contributed by atoms with van der Waals surface area (Å²) in [5.74, 6) is 1.11. The molecule has 0 heterocycles. The summed E-state index contributed by atoms with van der Waals surface area (Å²) in [5.41, 5.74) is -0.535. The van der Waals surface area contributed by atoms with Crippen LogP contribution in [0.15, 0.2) is 57.5 Å². The Kier molecular flexibility index (Phi) is 10.6. The van der Waals surface area contributed by atoms with E-state index < -0.39 is 5.60 Å². The van der Waals surface area contributed by atoms with Gasteiger partial charge in [-0.3, -0.25) is 0 Å². The monoisotopic (exact) mass is 516 g/mol. The van der Waals surface area contributed by atoms with E-state index in [0.717, 1.165) is 27.5 Å². The summed E-state index contributed by atoms with van der Waals surface area (Å²) < 4.78 is 17.3. The second-order valence-electron chi connectivity index (χ2n) is 6.01. The molecule has 0 saturated heterocycles. The number of benzene rings is 2. The van der Waals surface area contributed by atoms with Crippen molar-refractivity contribution in [3.63, 3.8) is 0 Å². The first-order chi connectivity index (χ1) is 12.9. The van der Waals surface area contributed by atoms with E-state index in [2.05, 4.69) is 31.9 Å². The van der Waals surface area contributed by atoms with Crippen molar-refractivity contribution in [2.24, 2.45) is 0 Å². The van der Waals surface area contributed by atoms with Gasteiger partial charge in [-0.2, -0.15) is 0 Å². The van der Waals surface area contributed by atoms with Crippen molar-refractivity contribution in [3.05, 3.63) is 57.5 Å². The highest BCUT2D eigenvalue weighted by Crippen LogP contribution is 2.35. The van der Waals surface area contributed by atoms with Crippen LogP contribution in [0.25, 0.3) is 0 Å². The van der Waals surface area contributed by atoms with Crippen molar-refractivity contribution in [1.82, 2.24) is 0 Å². The lowest BCUT2D eigenvalue weighted by atomic mass is 10.3. The Hall–Kier alpha value is -1.57. The predicted molar refractivity (Wildman–Crippen MR) is 117 cm³/mol. The van der Waals surface area contributed by atoms with E-state index in [1.165, 1.54) is 0 Å². The van der Waals surface area contributed by atoms with Gasteiger partial charge in [-0.05, 0) is 68.3 Å². The summed E-state index contributed by atoms with van der Waals surface area (Å²) >= 11 is 6.65. The van der Waals surface area contributed by atoms with Crippen LogP contribution < -0.4 is 9.47 Å². The molecule has 1 aliphatic rings. The molecule has 0 atom stereocenters. The van der Waals surface area contributed by atoms with Gasteiger partial charge in [0.2, 0.25) is 0 Å². The van der Waals surface area contributed by atoms with E-state index in [-0.39, 0.29) is 20.0 Å². The second-order valence-corrected chi connectivity index (χ2v) is 7.85. The summed E-state index contributed by atoms with van der Waals surface area (Å²) in [7, 11) is 0. The Bertz CT molecular complexity index is 713. The molecule has 0 amide bonds. The third kappa shape index (κ3) is 9.57. The number of hydrogen-bond acceptors (Lipinski definition) is 5. The molecule has 0 aliphatic heterocycles. The Balaban J connectivity index is 0.000000271. The van der Waals surface area contributed by atoms with Crippen LogP contribution in [0, 0.1) is 0 Å². The van der Waals surface area contributed by atoms with Crippen molar-refractivity contribution < 1.29 is 24.1 Å². The maximum Gasteiger partial charge on any atom is 0.344 e. The largest absolute Gasteiger partial charge is 0.491 e. The molecule has 28 heavy (non-hydrogen) atoms. The number of rotatable bonds is 7. The maximum absolute atomic E-state index is 10.9. The number of ether oxygens (including phenoxy) is 3. The van der Waals surface area contributed by atoms with Crippen LogP contribution >= 0.6 is 31.9 Å². The first-order valence-electron chi connectivity index (χ1n) is 8.55. The number of halogens is 2. The molecule has 154 valence electrons. The van der Waals surface area contributed by atoms with Crippen LogP contribution in [0.5, 0.6) is 11.5 Å². The molecule has 0 radical (unpaired) electrons. The van der Waals surface area contributed by atoms with Crippen LogP contribution in [-0.2, 0) is 9.53 Å². The molecule has 2 aromatic rings. The summed E-state index contributed by atoms with van der Waals surface area (Å²) in [5, 5.41) is 9.51. The maximum atomic E-state index is 10.9. The third-order valence-corrected chi connectivity index (χ3v) is 4.68. The molecular formula is C21H26Br2O5. The Morgan fingerprint density at radius 1 is 0.964 bits per heavy atom. The number of hydrogen-bond donors (Lipinski definition) is 1. The smallest absolute Gasteiger partial charge is 0.344 e. The van der Waals surface area contributed by atoms with Gasteiger partial charge < -0.3 is 19.3 Å². The summed E-state index contributed by atoms with van der Waals surface area (Å²) in [4.78, 5) is 10.9. The highest BCUT2D eigenvalue weighted by molar-refractivity contribution is 9.10. The van der Waals surface area contributed by atoms with Crippen LogP contribution in [0.4, 0.5) is 0 Å². The second kappa shape index (κ2) is 12.1. The zero-order valence-corrected chi connectivity index (χ0v) is 18.2. The standard InChI is InChI=1S/C10H11BrO3.C10H11BrO2.CH4/c1-2-13-10(12)7-14-9-5-3-8(11)4-6-9;11-8-1-3-9(4-2-8)13-7-10(12)5-6-10;/h3-6H,2,7H2,1H3;1-4,12H,5-7H2;1H4. The zero-order chi connectivity index (χ0) is 19.7. The van der Waals surface area contributed by atoms with Gasteiger partial charge in [0.25, 0.3) is 0 Å². The van der Waals surface area contributed by atoms with Gasteiger partial charge in [-0.15, -0.1) is 0 Å². The molecule has 1 saturated carbocycles. The normalized spacial score (nSPS) is 13.3. The van der Waals surface area contributed by atoms with Crippen LogP contribution in [-0.4, -0.2) is 36.5 Å². The summed E-state index contributed by atoms with van der Waals surface area (Å²) in [6, 6.07) is 14.9. The van der Waals surface area contributed by atoms with Crippen LogP contribution in [0.2, 0.25) is 0 Å². The highest BCUT2D eigenvalue weighted by Gasteiger charge is 2.41. The lowest BCUT2D eigenvalue weighted by molar-refractivity contribution is -0.145. The zero-order valence-electron chi connectivity index (χ0n) is 15.0. The van der Waals surface area contributed by atoms with E-state index in [9.17, 15) is 9.90 Å². The molecular weight excluding hydrogens is 492 g/mol. The number of carbonyl (C=O) groups is 1. The van der Waals surface area contributed by atoms with Crippen molar-refractivity contribution in [2.45, 2.75) is 32.8 Å². The lowest BCUT2D eigenvalue weighted by Crippen LogP contribution is -2.18. The fraction of sp³-hybridized carbons (Fsp3) is 0.381. The van der Waals surface area contributed by atoms with E-state index in [1.54, 1.807) is 19.1 Å². The minimum atomic E-state index is -0.535. The van der Waals surface area contributed by atoms with E-state index in [0.29, 0.717) is 19.0 Å². The number of aliphatic hydroxyl groups is 1. The van der Waals surface area contributed by atoms with Gasteiger partial charge in [0.15, 0.2) is 6.61 Å². The molecule has 1 fully saturated rings. The van der Waals surface area contributed by atoms with Crippen molar-refractivity contribution >= 4 is 37.8 Å². The Morgan fingerprint density at radius 3 is 1.86 bits per heavy atom. The molecule has 0 unspecified atom stereocenters. The summed E-state index contributed by atoms with van der Waals surface area (Å²) in [6.45, 7) is 2.50. The average molecular weight is 518 g/mol. The minimum absolute atomic E-state index is 0. The molecule has 5 nitrogen and oxygen atoms in total. The van der Waals surface area contributed by atoms with E-state index in [1.807, 2.05) is 36.4 Å². The first kappa shape index (κ1) is 24.5. The molecule has 0 bridgehead atoms. The van der Waals surface area contributed by atoms with Gasteiger partial charge in [-0.1, -0.05) is 39.3 Å². The van der Waals surface area contributed by atoms with Crippen molar-refractivity contribution in [1.29, 1.82) is 0 Å². The predicted octanol–water partition coefficient (Wildman–Crippen LogP) is 5.38. The molecule has 2 aromatic carbocycles. The Morgan fingerprint density at radius 2 is 1.43 bits per heavy atom. The van der Waals surface area contributed by atoms with Crippen LogP contribution in [0.1, 0.15) is 27.2 Å². The summed E-state index contributed by atoms with van der Waals surface area (Å²) in [6.07, 6.45) is 1.73. The average Bonchev–Trinajstić information content (AvgIpc) is 3.39. The van der Waals surface area contributed by atoms with Gasteiger partial charge in [0.05, 0.1) is 12.2 Å². The molecule has 0 spiro atoms. The molecule has 3 rings (SSSR count). The topological polar surface area (TPSA) is 65.0 Å². The Labute approximate surface area is 183 Å². The fourth-order valence-electron chi connectivity index (χ4n) is 1.91. The number of carbonyl (C=O) groups excluding carboxylic acids is 1. The number of esters is 1. The van der Waals surface area contributed by atoms with Gasteiger partial charge in [-0.25, -0.2) is 4.79 Å². The van der Waals surface area contributed by atoms with Crippen molar-refractivity contribution in [3.8, 4) is 11.5 Å². The van der Waals surface area contributed by atoms with Crippen LogP contribution in [0.3, 0.4) is 0 Å². The van der Waals surface area contributed by atoms with Gasteiger partial charge in [0, 0.05) is 8.95 Å². The fourth-order valence-corrected chi connectivity index (χ4v) is 2.44. The van der Waals surface area contributed by atoms with Crippen molar-refractivity contribution in [2.75, 3.05) is 19.8 Å². The quantitative estimate of drug-likeness (QED) is 0.499. The molecule has 0 aromatic heterocycles.